The van der Waals surface area contributed by atoms with E-state index in [-0.39, 0.29) is 19.5 Å². The van der Waals surface area contributed by atoms with Gasteiger partial charge < -0.3 is 28.8 Å². The minimum Gasteiger partial charge on any atom is -0.454 e. The van der Waals surface area contributed by atoms with E-state index in [9.17, 15) is 5.11 Å². The number of ether oxygens (including phenoxy) is 5. The molecule has 3 aliphatic rings. The van der Waals surface area contributed by atoms with Gasteiger partial charge in [-0.25, -0.2) is 0 Å². The van der Waals surface area contributed by atoms with Crippen molar-refractivity contribution in [3.8, 4) is 23.0 Å². The molecule has 0 spiro atoms. The Morgan fingerprint density at radius 2 is 1.58 bits per heavy atom. The first-order chi connectivity index (χ1) is 12.8. The van der Waals surface area contributed by atoms with Gasteiger partial charge in [0.25, 0.3) is 0 Å². The van der Waals surface area contributed by atoms with Gasteiger partial charge in [0, 0.05) is 5.92 Å². The molecule has 2 aromatic carbocycles. The summed E-state index contributed by atoms with van der Waals surface area (Å²) in [6.45, 7) is 0.915. The SMILES string of the molecule is OC1OCC(=Cc2ccc3c(c2)OCO3)C1Cc1ccc2c(c1)OCO2. The molecule has 3 aliphatic heterocycles. The molecule has 3 heterocycles. The van der Waals surface area contributed by atoms with Crippen LogP contribution in [0.3, 0.4) is 0 Å². The van der Waals surface area contributed by atoms with Crippen molar-refractivity contribution in [2.45, 2.75) is 12.7 Å². The van der Waals surface area contributed by atoms with Crippen molar-refractivity contribution in [2.24, 2.45) is 5.92 Å². The minimum absolute atomic E-state index is 0.110. The van der Waals surface area contributed by atoms with Crippen LogP contribution in [0.1, 0.15) is 11.1 Å². The average molecular weight is 354 g/mol. The van der Waals surface area contributed by atoms with Gasteiger partial charge in [-0.15, -0.1) is 0 Å². The van der Waals surface area contributed by atoms with Crippen LogP contribution in [0.4, 0.5) is 0 Å². The molecular weight excluding hydrogens is 336 g/mol. The Balaban J connectivity index is 1.40. The van der Waals surface area contributed by atoms with Crippen LogP contribution in [0.15, 0.2) is 42.0 Å². The van der Waals surface area contributed by atoms with Crippen LogP contribution in [0, 0.1) is 5.92 Å². The molecule has 5 rings (SSSR count). The average Bonchev–Trinajstić information content (AvgIpc) is 3.37. The molecule has 1 saturated heterocycles. The number of fused-ring (bicyclic) bond motifs is 2. The van der Waals surface area contributed by atoms with Crippen LogP contribution >= 0.6 is 0 Å². The molecule has 6 heteroatoms. The van der Waals surface area contributed by atoms with Gasteiger partial charge in [-0.05, 0) is 47.4 Å². The van der Waals surface area contributed by atoms with Crippen molar-refractivity contribution in [3.05, 3.63) is 53.1 Å². The fourth-order valence-corrected chi connectivity index (χ4v) is 3.51. The molecule has 2 unspecified atom stereocenters. The highest BCUT2D eigenvalue weighted by Crippen LogP contribution is 2.37. The summed E-state index contributed by atoms with van der Waals surface area (Å²) in [7, 11) is 0. The summed E-state index contributed by atoms with van der Waals surface area (Å²) in [5.41, 5.74) is 3.12. The van der Waals surface area contributed by atoms with Crippen LogP contribution < -0.4 is 18.9 Å². The second-order valence-electron chi connectivity index (χ2n) is 6.53. The van der Waals surface area contributed by atoms with E-state index in [1.54, 1.807) is 0 Å². The molecule has 1 N–H and O–H groups in total. The number of aliphatic hydroxyl groups is 1. The molecule has 0 saturated carbocycles. The lowest BCUT2D eigenvalue weighted by atomic mass is 9.92. The summed E-state index contributed by atoms with van der Waals surface area (Å²) < 4.78 is 27.1. The summed E-state index contributed by atoms with van der Waals surface area (Å²) in [5.74, 6) is 2.89. The van der Waals surface area contributed by atoms with Gasteiger partial charge in [0.05, 0.1) is 6.61 Å². The highest BCUT2D eigenvalue weighted by molar-refractivity contribution is 5.59. The first-order valence-corrected chi connectivity index (χ1v) is 8.54. The van der Waals surface area contributed by atoms with Gasteiger partial charge in [-0.2, -0.15) is 0 Å². The Bertz CT molecular complexity index is 875. The molecule has 1 fully saturated rings. The van der Waals surface area contributed by atoms with E-state index in [4.69, 9.17) is 23.7 Å². The number of hydrogen-bond acceptors (Lipinski definition) is 6. The van der Waals surface area contributed by atoms with Gasteiger partial charge in [-0.1, -0.05) is 18.2 Å². The van der Waals surface area contributed by atoms with Crippen molar-refractivity contribution in [1.29, 1.82) is 0 Å². The van der Waals surface area contributed by atoms with Crippen molar-refractivity contribution in [3.63, 3.8) is 0 Å². The quantitative estimate of drug-likeness (QED) is 0.914. The van der Waals surface area contributed by atoms with Crippen LogP contribution in [-0.2, 0) is 11.2 Å². The molecule has 0 bridgehead atoms. The Hall–Kier alpha value is -2.70. The second-order valence-corrected chi connectivity index (χ2v) is 6.53. The van der Waals surface area contributed by atoms with Gasteiger partial charge in [0.1, 0.15) is 0 Å². The highest BCUT2D eigenvalue weighted by atomic mass is 16.7. The van der Waals surface area contributed by atoms with Gasteiger partial charge >= 0.3 is 0 Å². The number of rotatable bonds is 3. The van der Waals surface area contributed by atoms with Crippen LogP contribution in [0.5, 0.6) is 23.0 Å². The fraction of sp³-hybridized carbons (Fsp3) is 0.300. The van der Waals surface area contributed by atoms with Gasteiger partial charge in [0.2, 0.25) is 13.6 Å². The van der Waals surface area contributed by atoms with Crippen molar-refractivity contribution in [2.75, 3.05) is 20.2 Å². The maximum absolute atomic E-state index is 10.3. The van der Waals surface area contributed by atoms with E-state index in [1.807, 2.05) is 36.4 Å². The summed E-state index contributed by atoms with van der Waals surface area (Å²) in [6, 6.07) is 11.7. The Morgan fingerprint density at radius 1 is 0.885 bits per heavy atom. The maximum atomic E-state index is 10.3. The minimum atomic E-state index is -0.819. The predicted molar refractivity (Wildman–Crippen MR) is 92.3 cm³/mol. The number of benzene rings is 2. The summed E-state index contributed by atoms with van der Waals surface area (Å²) in [6.07, 6.45) is 1.89. The van der Waals surface area contributed by atoms with Crippen molar-refractivity contribution < 1.29 is 28.8 Å². The third-order valence-corrected chi connectivity index (χ3v) is 4.88. The van der Waals surface area contributed by atoms with Crippen LogP contribution in [0.2, 0.25) is 0 Å². The Kier molecular flexibility index (Phi) is 3.72. The zero-order chi connectivity index (χ0) is 17.5. The molecule has 0 aliphatic carbocycles. The lowest BCUT2D eigenvalue weighted by Gasteiger charge is -2.15. The molecular formula is C20H18O6. The first-order valence-electron chi connectivity index (χ1n) is 8.54. The highest BCUT2D eigenvalue weighted by Gasteiger charge is 2.31. The molecule has 2 aromatic rings. The second kappa shape index (κ2) is 6.23. The molecule has 134 valence electrons. The topological polar surface area (TPSA) is 66.4 Å². The number of hydrogen-bond donors (Lipinski definition) is 1. The van der Waals surface area contributed by atoms with E-state index >= 15 is 0 Å². The Morgan fingerprint density at radius 3 is 2.38 bits per heavy atom. The summed E-state index contributed by atoms with van der Waals surface area (Å²) in [4.78, 5) is 0. The van der Waals surface area contributed by atoms with Crippen molar-refractivity contribution >= 4 is 6.08 Å². The zero-order valence-corrected chi connectivity index (χ0v) is 14.0. The summed E-state index contributed by atoms with van der Waals surface area (Å²) >= 11 is 0. The largest absolute Gasteiger partial charge is 0.454 e. The van der Waals surface area contributed by atoms with E-state index in [0.717, 1.165) is 39.7 Å². The van der Waals surface area contributed by atoms with E-state index < -0.39 is 6.29 Å². The van der Waals surface area contributed by atoms with E-state index in [2.05, 4.69) is 6.08 Å². The van der Waals surface area contributed by atoms with Gasteiger partial charge in [-0.3, -0.25) is 0 Å². The van der Waals surface area contributed by atoms with Crippen molar-refractivity contribution in [1.82, 2.24) is 0 Å². The third kappa shape index (κ3) is 2.77. The molecule has 26 heavy (non-hydrogen) atoms. The normalized spacial score (nSPS) is 24.4. The standard InChI is InChI=1S/C20H18O6/c21-20-15(6-13-2-4-17-19(8-13)26-11-24-17)14(9-22-20)5-12-1-3-16-18(7-12)25-10-23-16/h1-5,7-8,15,20-21H,6,9-11H2. The zero-order valence-electron chi connectivity index (χ0n) is 14.0. The molecule has 0 aromatic heterocycles. The molecule has 0 radical (unpaired) electrons. The molecule has 6 nitrogen and oxygen atoms in total. The molecule has 0 amide bonds. The van der Waals surface area contributed by atoms with Gasteiger partial charge in [0.15, 0.2) is 29.3 Å². The van der Waals surface area contributed by atoms with E-state index in [1.165, 1.54) is 0 Å². The Labute approximate surface area is 150 Å². The summed E-state index contributed by atoms with van der Waals surface area (Å²) in [5, 5.41) is 10.3. The first kappa shape index (κ1) is 15.5. The van der Waals surface area contributed by atoms with Crippen LogP contribution in [-0.4, -0.2) is 31.6 Å². The lowest BCUT2D eigenvalue weighted by Crippen LogP contribution is -2.18. The fourth-order valence-electron chi connectivity index (χ4n) is 3.51. The van der Waals surface area contributed by atoms with Crippen LogP contribution in [0.25, 0.3) is 6.08 Å². The number of aliphatic hydroxyl groups excluding tert-OH is 1. The third-order valence-electron chi connectivity index (χ3n) is 4.88. The smallest absolute Gasteiger partial charge is 0.231 e. The maximum Gasteiger partial charge on any atom is 0.231 e. The lowest BCUT2D eigenvalue weighted by molar-refractivity contribution is -0.0817. The molecule has 2 atom stereocenters. The monoisotopic (exact) mass is 354 g/mol. The predicted octanol–water partition coefficient (Wildman–Crippen LogP) is 2.73. The van der Waals surface area contributed by atoms with E-state index in [0.29, 0.717) is 13.0 Å².